The highest BCUT2D eigenvalue weighted by molar-refractivity contribution is 14.0. The highest BCUT2D eigenvalue weighted by Crippen LogP contribution is 2.32. The summed E-state index contributed by atoms with van der Waals surface area (Å²) >= 11 is 0. The Morgan fingerprint density at radius 2 is 2.00 bits per heavy atom. The quantitative estimate of drug-likeness (QED) is 0.272. The Morgan fingerprint density at radius 1 is 1.15 bits per heavy atom. The lowest BCUT2D eigenvalue weighted by Gasteiger charge is -2.12. The van der Waals surface area contributed by atoms with Crippen molar-refractivity contribution in [3.63, 3.8) is 0 Å². The van der Waals surface area contributed by atoms with E-state index in [9.17, 15) is 4.39 Å². The lowest BCUT2D eigenvalue weighted by atomic mass is 10.2. The van der Waals surface area contributed by atoms with Gasteiger partial charge >= 0.3 is 0 Å². The lowest BCUT2D eigenvalue weighted by molar-refractivity contribution is 0.174. The van der Waals surface area contributed by atoms with E-state index in [1.165, 1.54) is 12.1 Å². The third-order valence-electron chi connectivity index (χ3n) is 3.66. The van der Waals surface area contributed by atoms with E-state index in [1.54, 1.807) is 12.1 Å². The van der Waals surface area contributed by atoms with Crippen molar-refractivity contribution < 1.29 is 18.6 Å². The largest absolute Gasteiger partial charge is 0.492 e. The predicted octanol–water partition coefficient (Wildman–Crippen LogP) is 3.31. The van der Waals surface area contributed by atoms with Crippen LogP contribution in [0.15, 0.2) is 47.5 Å². The average molecular weight is 487 g/mol. The van der Waals surface area contributed by atoms with E-state index in [1.807, 2.05) is 25.1 Å². The third-order valence-corrected chi connectivity index (χ3v) is 3.66. The second-order valence-corrected chi connectivity index (χ2v) is 5.62. The Balaban J connectivity index is 0.00000261. The molecule has 0 bridgehead atoms. The Bertz CT molecular complexity index is 774. The fourth-order valence-corrected chi connectivity index (χ4v) is 2.45. The molecular weight excluding hydrogens is 464 g/mol. The standard InChI is InChI=1S/C19H22FN3O3.HI/c1-2-21-19(22-8-9-24-16-5-3-4-15(20)11-16)23-12-14-6-7-17-18(10-14)26-13-25-17;/h3-7,10-11H,2,8-9,12-13H2,1H3,(H2,21,22,23);1H. The molecule has 2 aromatic rings. The first-order valence-electron chi connectivity index (χ1n) is 8.53. The van der Waals surface area contributed by atoms with Crippen molar-refractivity contribution in [3.05, 3.63) is 53.8 Å². The molecule has 0 aromatic heterocycles. The molecule has 1 heterocycles. The van der Waals surface area contributed by atoms with Crippen LogP contribution in [0.4, 0.5) is 4.39 Å². The van der Waals surface area contributed by atoms with Crippen LogP contribution in [0.3, 0.4) is 0 Å². The van der Waals surface area contributed by atoms with E-state index in [0.29, 0.717) is 31.4 Å². The van der Waals surface area contributed by atoms with Crippen LogP contribution in [-0.4, -0.2) is 32.4 Å². The van der Waals surface area contributed by atoms with Gasteiger partial charge in [-0.05, 0) is 36.8 Å². The number of rotatable bonds is 7. The molecule has 3 rings (SSSR count). The van der Waals surface area contributed by atoms with Crippen molar-refractivity contribution in [2.75, 3.05) is 26.5 Å². The van der Waals surface area contributed by atoms with E-state index < -0.39 is 0 Å². The molecule has 1 aliphatic heterocycles. The van der Waals surface area contributed by atoms with Gasteiger partial charge in [0.15, 0.2) is 17.5 Å². The van der Waals surface area contributed by atoms with Gasteiger partial charge in [0.05, 0.1) is 13.1 Å². The lowest BCUT2D eigenvalue weighted by Crippen LogP contribution is -2.39. The first-order valence-corrected chi connectivity index (χ1v) is 8.53. The SMILES string of the molecule is CCNC(=NCc1ccc2c(c1)OCO2)NCCOc1cccc(F)c1.I. The number of hydrogen-bond acceptors (Lipinski definition) is 4. The topological polar surface area (TPSA) is 64.1 Å². The third kappa shape index (κ3) is 6.46. The zero-order valence-corrected chi connectivity index (χ0v) is 17.4. The van der Waals surface area contributed by atoms with E-state index >= 15 is 0 Å². The second-order valence-electron chi connectivity index (χ2n) is 5.62. The van der Waals surface area contributed by atoms with Crippen LogP contribution in [0.25, 0.3) is 0 Å². The van der Waals surface area contributed by atoms with Crippen LogP contribution in [-0.2, 0) is 6.54 Å². The Morgan fingerprint density at radius 3 is 2.81 bits per heavy atom. The van der Waals surface area contributed by atoms with Crippen molar-refractivity contribution >= 4 is 29.9 Å². The van der Waals surface area contributed by atoms with Crippen molar-refractivity contribution in [2.24, 2.45) is 4.99 Å². The summed E-state index contributed by atoms with van der Waals surface area (Å²) in [6.45, 7) is 4.47. The van der Waals surface area contributed by atoms with Crippen LogP contribution in [0.1, 0.15) is 12.5 Å². The Kier molecular flexibility index (Phi) is 8.43. The van der Waals surface area contributed by atoms with Gasteiger partial charge in [-0.2, -0.15) is 0 Å². The summed E-state index contributed by atoms with van der Waals surface area (Å²) in [6.07, 6.45) is 0. The molecule has 2 aromatic carbocycles. The fourth-order valence-electron chi connectivity index (χ4n) is 2.45. The van der Waals surface area contributed by atoms with Crippen LogP contribution >= 0.6 is 24.0 Å². The smallest absolute Gasteiger partial charge is 0.231 e. The summed E-state index contributed by atoms with van der Waals surface area (Å²) in [6, 6.07) is 11.9. The number of nitrogens with one attached hydrogen (secondary N) is 2. The van der Waals surface area contributed by atoms with E-state index in [2.05, 4.69) is 15.6 Å². The van der Waals surface area contributed by atoms with Crippen LogP contribution in [0, 0.1) is 5.82 Å². The van der Waals surface area contributed by atoms with Crippen molar-refractivity contribution in [2.45, 2.75) is 13.5 Å². The fraction of sp³-hybridized carbons (Fsp3) is 0.316. The molecule has 146 valence electrons. The van der Waals surface area contributed by atoms with Crippen LogP contribution in [0.5, 0.6) is 17.2 Å². The van der Waals surface area contributed by atoms with E-state index in [-0.39, 0.29) is 36.6 Å². The van der Waals surface area contributed by atoms with E-state index in [4.69, 9.17) is 14.2 Å². The van der Waals surface area contributed by atoms with Crippen molar-refractivity contribution in [3.8, 4) is 17.2 Å². The number of nitrogens with zero attached hydrogens (tertiary/aromatic N) is 1. The highest BCUT2D eigenvalue weighted by atomic mass is 127. The maximum absolute atomic E-state index is 13.1. The molecule has 0 aliphatic carbocycles. The predicted molar refractivity (Wildman–Crippen MR) is 113 cm³/mol. The zero-order valence-electron chi connectivity index (χ0n) is 15.0. The minimum atomic E-state index is -0.311. The number of ether oxygens (including phenoxy) is 3. The maximum Gasteiger partial charge on any atom is 0.231 e. The molecule has 0 fully saturated rings. The zero-order chi connectivity index (χ0) is 18.2. The molecule has 0 radical (unpaired) electrons. The first-order chi connectivity index (χ1) is 12.7. The Hall–Kier alpha value is -2.23. The van der Waals surface area contributed by atoms with Gasteiger partial charge in [-0.1, -0.05) is 12.1 Å². The Labute approximate surface area is 175 Å². The van der Waals surface area contributed by atoms with Gasteiger partial charge in [-0.25, -0.2) is 9.38 Å². The number of guanidine groups is 1. The highest BCUT2D eigenvalue weighted by Gasteiger charge is 2.12. The van der Waals surface area contributed by atoms with Gasteiger partial charge < -0.3 is 24.8 Å². The molecule has 0 amide bonds. The van der Waals surface area contributed by atoms with Gasteiger partial charge in [-0.3, -0.25) is 0 Å². The summed E-state index contributed by atoms with van der Waals surface area (Å²) in [5, 5.41) is 6.37. The summed E-state index contributed by atoms with van der Waals surface area (Å²) in [5.41, 5.74) is 1.03. The first kappa shape index (κ1) is 21.1. The van der Waals surface area contributed by atoms with Crippen LogP contribution < -0.4 is 24.8 Å². The molecule has 1 aliphatic rings. The monoisotopic (exact) mass is 487 g/mol. The summed E-state index contributed by atoms with van der Waals surface area (Å²) in [7, 11) is 0. The normalized spacial score (nSPS) is 12.3. The van der Waals surface area contributed by atoms with Crippen LogP contribution in [0.2, 0.25) is 0 Å². The number of benzene rings is 2. The number of halogens is 2. The molecule has 27 heavy (non-hydrogen) atoms. The van der Waals surface area contributed by atoms with Gasteiger partial charge in [0.25, 0.3) is 0 Å². The van der Waals surface area contributed by atoms with Gasteiger partial charge in [0.2, 0.25) is 6.79 Å². The maximum atomic E-state index is 13.1. The number of fused-ring (bicyclic) bond motifs is 1. The molecular formula is C19H23FIN3O3. The summed E-state index contributed by atoms with van der Waals surface area (Å²) in [4.78, 5) is 4.55. The molecule has 0 saturated carbocycles. The number of aliphatic imine (C=N–C) groups is 1. The molecule has 8 heteroatoms. The molecule has 6 nitrogen and oxygen atoms in total. The minimum absolute atomic E-state index is 0. The average Bonchev–Trinajstić information content (AvgIpc) is 3.11. The van der Waals surface area contributed by atoms with Gasteiger partial charge in [0, 0.05) is 12.6 Å². The second kappa shape index (κ2) is 10.8. The summed E-state index contributed by atoms with van der Waals surface area (Å²) in [5.74, 6) is 2.40. The summed E-state index contributed by atoms with van der Waals surface area (Å²) < 4.78 is 29.3. The minimum Gasteiger partial charge on any atom is -0.492 e. The molecule has 2 N–H and O–H groups in total. The molecule has 0 unspecified atom stereocenters. The van der Waals surface area contributed by atoms with Gasteiger partial charge in [0.1, 0.15) is 18.2 Å². The number of hydrogen-bond donors (Lipinski definition) is 2. The molecule has 0 atom stereocenters. The molecule has 0 saturated heterocycles. The van der Waals surface area contributed by atoms with Crippen molar-refractivity contribution in [1.82, 2.24) is 10.6 Å². The molecule has 0 spiro atoms. The van der Waals surface area contributed by atoms with E-state index in [0.717, 1.165) is 23.6 Å². The van der Waals surface area contributed by atoms with Gasteiger partial charge in [-0.15, -0.1) is 24.0 Å². The van der Waals surface area contributed by atoms with Crippen molar-refractivity contribution in [1.29, 1.82) is 0 Å².